The van der Waals surface area contributed by atoms with Crippen LogP contribution >= 0.6 is 11.8 Å². The number of benzene rings is 1. The van der Waals surface area contributed by atoms with Gasteiger partial charge in [0.05, 0.1) is 11.3 Å². The van der Waals surface area contributed by atoms with Crippen molar-refractivity contribution < 1.29 is 13.6 Å². The number of fused-ring (bicyclic) bond motifs is 1. The Bertz CT molecular complexity index is 702. The smallest absolute Gasteiger partial charge is 0.191 e. The van der Waals surface area contributed by atoms with Gasteiger partial charge in [-0.25, -0.2) is 8.78 Å². The highest BCUT2D eigenvalue weighted by atomic mass is 32.2. The van der Waals surface area contributed by atoms with Crippen molar-refractivity contribution in [1.82, 2.24) is 14.8 Å². The van der Waals surface area contributed by atoms with Crippen LogP contribution in [0.5, 0.6) is 0 Å². The molecule has 0 saturated heterocycles. The summed E-state index contributed by atoms with van der Waals surface area (Å²) in [7, 11) is 0. The molecule has 0 N–H and O–H groups in total. The summed E-state index contributed by atoms with van der Waals surface area (Å²) in [5, 5.41) is 8.92. The minimum Gasteiger partial charge on any atom is -0.306 e. The number of aromatic nitrogens is 3. The molecule has 1 aliphatic rings. The fourth-order valence-corrected chi connectivity index (χ4v) is 3.35. The lowest BCUT2D eigenvalue weighted by Gasteiger charge is -2.06. The quantitative estimate of drug-likeness (QED) is 0.640. The monoisotopic (exact) mass is 323 g/mol. The van der Waals surface area contributed by atoms with Crippen LogP contribution in [0.15, 0.2) is 23.4 Å². The van der Waals surface area contributed by atoms with Crippen LogP contribution in [0.2, 0.25) is 0 Å². The Morgan fingerprint density at radius 3 is 2.95 bits per heavy atom. The first-order valence-electron chi connectivity index (χ1n) is 7.18. The number of nitrogens with zero attached hydrogens (tertiary/aromatic N) is 3. The van der Waals surface area contributed by atoms with Crippen LogP contribution in [0.4, 0.5) is 8.78 Å². The highest BCUT2D eigenvalue weighted by Crippen LogP contribution is 2.23. The Balaban J connectivity index is 1.71. The van der Waals surface area contributed by atoms with Gasteiger partial charge in [0.15, 0.2) is 10.9 Å². The van der Waals surface area contributed by atoms with Gasteiger partial charge in [-0.3, -0.25) is 4.79 Å². The second kappa shape index (κ2) is 6.56. The molecule has 1 aliphatic heterocycles. The minimum atomic E-state index is -0.702. The van der Waals surface area contributed by atoms with Gasteiger partial charge in [-0.2, -0.15) is 0 Å². The molecule has 0 aliphatic carbocycles. The Hall–Kier alpha value is -1.76. The molecule has 0 unspecified atom stereocenters. The van der Waals surface area contributed by atoms with E-state index in [-0.39, 0.29) is 11.3 Å². The second-order valence-corrected chi connectivity index (χ2v) is 6.14. The van der Waals surface area contributed by atoms with E-state index in [0.717, 1.165) is 56.3 Å². The Labute approximate surface area is 130 Å². The van der Waals surface area contributed by atoms with Crippen molar-refractivity contribution in [3.8, 4) is 0 Å². The summed E-state index contributed by atoms with van der Waals surface area (Å²) in [6, 6.07) is 2.90. The van der Waals surface area contributed by atoms with Gasteiger partial charge in [-0.1, -0.05) is 18.2 Å². The molecular formula is C15H15F2N3OS. The molecule has 2 heterocycles. The van der Waals surface area contributed by atoms with E-state index in [1.165, 1.54) is 11.8 Å². The molecule has 0 fully saturated rings. The highest BCUT2D eigenvalue weighted by molar-refractivity contribution is 7.99. The average molecular weight is 323 g/mol. The van der Waals surface area contributed by atoms with E-state index in [2.05, 4.69) is 10.2 Å². The maximum Gasteiger partial charge on any atom is 0.191 e. The molecule has 2 aromatic rings. The van der Waals surface area contributed by atoms with E-state index in [4.69, 9.17) is 0 Å². The summed E-state index contributed by atoms with van der Waals surface area (Å²) in [4.78, 5) is 12.1. The van der Waals surface area contributed by atoms with E-state index in [9.17, 15) is 13.6 Å². The first-order valence-corrected chi connectivity index (χ1v) is 8.17. The molecule has 0 atom stereocenters. The number of carbonyl (C=O) groups is 1. The second-order valence-electron chi connectivity index (χ2n) is 5.20. The van der Waals surface area contributed by atoms with E-state index in [1.807, 2.05) is 4.57 Å². The molecule has 7 heteroatoms. The van der Waals surface area contributed by atoms with E-state index < -0.39 is 17.4 Å². The van der Waals surface area contributed by atoms with E-state index >= 15 is 0 Å². The third-order valence-electron chi connectivity index (χ3n) is 3.64. The van der Waals surface area contributed by atoms with Crippen LogP contribution < -0.4 is 0 Å². The minimum absolute atomic E-state index is 0.0124. The lowest BCUT2D eigenvalue weighted by atomic mass is 10.1. The molecule has 0 bridgehead atoms. The van der Waals surface area contributed by atoms with Crippen LogP contribution in [-0.4, -0.2) is 26.3 Å². The van der Waals surface area contributed by atoms with E-state index in [1.54, 1.807) is 0 Å². The van der Waals surface area contributed by atoms with Gasteiger partial charge in [0.1, 0.15) is 17.5 Å². The lowest BCUT2D eigenvalue weighted by molar-refractivity contribution is 0.101. The number of carbonyl (C=O) groups excluding carboxylic acids is 1. The molecule has 0 spiro atoms. The van der Waals surface area contributed by atoms with Crippen molar-refractivity contribution in [3.63, 3.8) is 0 Å². The van der Waals surface area contributed by atoms with Gasteiger partial charge in [0.2, 0.25) is 0 Å². The molecular weight excluding hydrogens is 308 g/mol. The predicted molar refractivity (Wildman–Crippen MR) is 79.0 cm³/mol. The van der Waals surface area contributed by atoms with Gasteiger partial charge >= 0.3 is 0 Å². The molecule has 0 radical (unpaired) electrons. The Morgan fingerprint density at radius 2 is 2.09 bits per heavy atom. The SMILES string of the molecule is O=C(CSc1nnc2n1CCCCC2)c1cc(F)ccc1F. The highest BCUT2D eigenvalue weighted by Gasteiger charge is 2.18. The molecule has 0 amide bonds. The first-order chi connectivity index (χ1) is 10.6. The summed E-state index contributed by atoms with van der Waals surface area (Å²) >= 11 is 1.22. The normalized spacial score (nSPS) is 14.5. The third kappa shape index (κ3) is 3.19. The van der Waals surface area contributed by atoms with Gasteiger partial charge in [-0.05, 0) is 31.0 Å². The van der Waals surface area contributed by atoms with Crippen LogP contribution in [0, 0.1) is 11.6 Å². The van der Waals surface area contributed by atoms with Gasteiger partial charge in [0, 0.05) is 13.0 Å². The van der Waals surface area contributed by atoms with Crippen LogP contribution in [0.1, 0.15) is 35.4 Å². The number of aryl methyl sites for hydroxylation is 1. The van der Waals surface area contributed by atoms with Crippen molar-refractivity contribution >= 4 is 17.5 Å². The maximum absolute atomic E-state index is 13.6. The van der Waals surface area contributed by atoms with Crippen LogP contribution in [0.25, 0.3) is 0 Å². The molecule has 116 valence electrons. The molecule has 4 nitrogen and oxygen atoms in total. The number of ketones is 1. The summed E-state index contributed by atoms with van der Waals surface area (Å²) in [6.07, 6.45) is 4.20. The Kier molecular flexibility index (Phi) is 4.52. The van der Waals surface area contributed by atoms with Crippen molar-refractivity contribution in [3.05, 3.63) is 41.2 Å². The van der Waals surface area contributed by atoms with Crippen molar-refractivity contribution in [1.29, 1.82) is 0 Å². The maximum atomic E-state index is 13.6. The summed E-state index contributed by atoms with van der Waals surface area (Å²) in [5.74, 6) is -0.825. The molecule has 22 heavy (non-hydrogen) atoms. The fraction of sp³-hybridized carbons (Fsp3) is 0.400. The summed E-state index contributed by atoms with van der Waals surface area (Å²) in [6.45, 7) is 0.840. The molecule has 1 aromatic carbocycles. The van der Waals surface area contributed by atoms with Gasteiger partial charge in [0.25, 0.3) is 0 Å². The van der Waals surface area contributed by atoms with Gasteiger partial charge < -0.3 is 4.57 Å². The van der Waals surface area contributed by atoms with E-state index in [0.29, 0.717) is 5.16 Å². The number of hydrogen-bond acceptors (Lipinski definition) is 4. The predicted octanol–water partition coefficient (Wildman–Crippen LogP) is 3.26. The number of thioether (sulfide) groups is 1. The number of halogens is 2. The molecule has 0 saturated carbocycles. The number of rotatable bonds is 4. The average Bonchev–Trinajstić information content (AvgIpc) is 2.74. The van der Waals surface area contributed by atoms with Crippen molar-refractivity contribution in [2.24, 2.45) is 0 Å². The van der Waals surface area contributed by atoms with Crippen molar-refractivity contribution in [2.75, 3.05) is 5.75 Å². The molecule has 1 aromatic heterocycles. The Morgan fingerprint density at radius 1 is 1.23 bits per heavy atom. The van der Waals surface area contributed by atoms with Gasteiger partial charge in [-0.15, -0.1) is 10.2 Å². The zero-order chi connectivity index (χ0) is 15.5. The van der Waals surface area contributed by atoms with Crippen molar-refractivity contribution in [2.45, 2.75) is 37.4 Å². The number of Topliss-reactive ketones (excluding diaryl/α,β-unsaturated/α-hetero) is 1. The summed E-state index contributed by atoms with van der Waals surface area (Å²) < 4.78 is 28.7. The molecule has 3 rings (SSSR count). The standard InChI is InChI=1S/C15H15F2N3OS/c16-10-5-6-12(17)11(8-10)13(21)9-22-15-19-18-14-4-2-1-3-7-20(14)15/h5-6,8H,1-4,7,9H2. The number of hydrogen-bond donors (Lipinski definition) is 0. The zero-order valence-electron chi connectivity index (χ0n) is 11.9. The first kappa shape index (κ1) is 15.1. The van der Waals surface area contributed by atoms with Crippen LogP contribution in [0.3, 0.4) is 0 Å². The largest absolute Gasteiger partial charge is 0.306 e. The topological polar surface area (TPSA) is 47.8 Å². The third-order valence-corrected chi connectivity index (χ3v) is 4.60. The van der Waals surface area contributed by atoms with Crippen LogP contribution in [-0.2, 0) is 13.0 Å². The zero-order valence-corrected chi connectivity index (χ0v) is 12.7. The summed E-state index contributed by atoms with van der Waals surface area (Å²) in [5.41, 5.74) is -0.219. The lowest BCUT2D eigenvalue weighted by Crippen LogP contribution is -2.08. The fourth-order valence-electron chi connectivity index (χ4n) is 2.48.